The van der Waals surface area contributed by atoms with Crippen molar-refractivity contribution in [2.45, 2.75) is 25.7 Å². The second kappa shape index (κ2) is 8.33. The number of rotatable bonds is 6. The summed E-state index contributed by atoms with van der Waals surface area (Å²) in [5, 5.41) is 8.39. The Labute approximate surface area is 155 Å². The lowest BCUT2D eigenvalue weighted by Crippen LogP contribution is -2.29. The second-order valence-corrected chi connectivity index (χ2v) is 7.22. The van der Waals surface area contributed by atoms with Crippen molar-refractivity contribution in [3.05, 3.63) is 60.7 Å². The van der Waals surface area contributed by atoms with Crippen LogP contribution in [0.5, 0.6) is 0 Å². The molecule has 0 aliphatic carbocycles. The molecule has 0 saturated carbocycles. The minimum atomic E-state index is 0.847. The highest BCUT2D eigenvalue weighted by Crippen LogP contribution is 2.28. The quantitative estimate of drug-likeness (QED) is 0.611. The summed E-state index contributed by atoms with van der Waals surface area (Å²) in [5.41, 5.74) is 4.43. The minimum Gasteiger partial charge on any atom is -0.384 e. The van der Waals surface area contributed by atoms with Gasteiger partial charge in [0.05, 0.1) is 11.2 Å². The number of para-hydroxylation sites is 1. The smallest absolute Gasteiger partial charge is 0.0730 e. The maximum atomic E-state index is 4.86. The third kappa shape index (κ3) is 4.05. The summed E-state index contributed by atoms with van der Waals surface area (Å²) >= 11 is 0. The average molecular weight is 345 g/mol. The molecule has 3 heteroatoms. The van der Waals surface area contributed by atoms with Crippen molar-refractivity contribution in [1.29, 1.82) is 0 Å². The highest BCUT2D eigenvalue weighted by molar-refractivity contribution is 5.93. The van der Waals surface area contributed by atoms with Crippen LogP contribution in [0.15, 0.2) is 60.7 Å². The Morgan fingerprint density at radius 1 is 1.04 bits per heavy atom. The molecule has 1 aliphatic rings. The molecule has 0 spiro atoms. The van der Waals surface area contributed by atoms with Crippen LogP contribution in [0.4, 0.5) is 5.69 Å². The summed E-state index contributed by atoms with van der Waals surface area (Å²) in [7, 11) is 0. The highest BCUT2D eigenvalue weighted by Gasteiger charge is 2.12. The fourth-order valence-electron chi connectivity index (χ4n) is 3.86. The van der Waals surface area contributed by atoms with E-state index >= 15 is 0 Å². The maximum Gasteiger partial charge on any atom is 0.0730 e. The van der Waals surface area contributed by atoms with Crippen LogP contribution in [0.1, 0.15) is 25.7 Å². The van der Waals surface area contributed by atoms with E-state index in [1.807, 2.05) is 6.07 Å². The molecule has 1 saturated heterocycles. The van der Waals surface area contributed by atoms with Crippen molar-refractivity contribution >= 4 is 16.6 Å². The summed E-state index contributed by atoms with van der Waals surface area (Å²) in [5.74, 6) is 0.847. The molecular formula is C23H27N3. The molecule has 0 radical (unpaired) electrons. The van der Waals surface area contributed by atoms with E-state index in [9.17, 15) is 0 Å². The number of nitrogens with zero attached hydrogens (tertiary/aromatic N) is 1. The van der Waals surface area contributed by atoms with E-state index in [-0.39, 0.29) is 0 Å². The SMILES string of the molecule is c1ccc(-c2cc(NCCCC3CCCNC3)c3ccccc3n2)cc1. The predicted molar refractivity (Wildman–Crippen MR) is 110 cm³/mol. The molecule has 1 aliphatic heterocycles. The summed E-state index contributed by atoms with van der Waals surface area (Å²) < 4.78 is 0. The zero-order valence-corrected chi connectivity index (χ0v) is 15.2. The summed E-state index contributed by atoms with van der Waals surface area (Å²) in [6.07, 6.45) is 5.22. The first-order chi connectivity index (χ1) is 12.9. The first kappa shape index (κ1) is 17.0. The summed E-state index contributed by atoms with van der Waals surface area (Å²) in [4.78, 5) is 4.86. The van der Waals surface area contributed by atoms with Gasteiger partial charge in [-0.1, -0.05) is 48.5 Å². The van der Waals surface area contributed by atoms with Gasteiger partial charge in [0.1, 0.15) is 0 Å². The Kier molecular flexibility index (Phi) is 5.46. The van der Waals surface area contributed by atoms with Crippen molar-refractivity contribution < 1.29 is 0 Å². The molecule has 26 heavy (non-hydrogen) atoms. The van der Waals surface area contributed by atoms with Gasteiger partial charge < -0.3 is 10.6 Å². The van der Waals surface area contributed by atoms with Crippen molar-refractivity contribution in [3.63, 3.8) is 0 Å². The molecule has 4 rings (SSSR count). The fraction of sp³-hybridized carbons (Fsp3) is 0.348. The summed E-state index contributed by atoms with van der Waals surface area (Å²) in [6.45, 7) is 3.40. The highest BCUT2D eigenvalue weighted by atomic mass is 14.9. The Morgan fingerprint density at radius 2 is 1.88 bits per heavy atom. The molecular weight excluding hydrogens is 318 g/mol. The van der Waals surface area contributed by atoms with Gasteiger partial charge in [-0.2, -0.15) is 0 Å². The van der Waals surface area contributed by atoms with Gasteiger partial charge >= 0.3 is 0 Å². The first-order valence-electron chi connectivity index (χ1n) is 9.80. The first-order valence-corrected chi connectivity index (χ1v) is 9.80. The standard InChI is InChI=1S/C23H27N3/c1-2-10-19(11-3-1)22-16-23(20-12-4-5-13-21(20)26-22)25-15-7-9-18-8-6-14-24-17-18/h1-5,10-13,16,18,24H,6-9,14-15,17H2,(H,25,26). The van der Waals surface area contributed by atoms with Crippen LogP contribution < -0.4 is 10.6 Å². The van der Waals surface area contributed by atoms with Crippen LogP contribution in [0.25, 0.3) is 22.2 Å². The molecule has 1 unspecified atom stereocenters. The fourth-order valence-corrected chi connectivity index (χ4v) is 3.86. The molecule has 0 bridgehead atoms. The zero-order chi connectivity index (χ0) is 17.6. The van der Waals surface area contributed by atoms with Gasteiger partial charge in [0.25, 0.3) is 0 Å². The zero-order valence-electron chi connectivity index (χ0n) is 15.2. The van der Waals surface area contributed by atoms with Gasteiger partial charge in [-0.05, 0) is 56.8 Å². The van der Waals surface area contributed by atoms with Crippen molar-refractivity contribution in [3.8, 4) is 11.3 Å². The van der Waals surface area contributed by atoms with Crippen LogP contribution in [-0.4, -0.2) is 24.6 Å². The lowest BCUT2D eigenvalue weighted by Gasteiger charge is -2.22. The Balaban J connectivity index is 1.49. The largest absolute Gasteiger partial charge is 0.384 e. The van der Waals surface area contributed by atoms with E-state index in [2.05, 4.69) is 65.2 Å². The number of fused-ring (bicyclic) bond motifs is 1. The van der Waals surface area contributed by atoms with Gasteiger partial charge in [-0.3, -0.25) is 0 Å². The Hall–Kier alpha value is -2.39. The number of anilines is 1. The number of nitrogens with one attached hydrogen (secondary N) is 2. The van der Waals surface area contributed by atoms with Crippen molar-refractivity contribution in [2.24, 2.45) is 5.92 Å². The van der Waals surface area contributed by atoms with Gasteiger partial charge in [-0.25, -0.2) is 4.98 Å². The Bertz CT molecular complexity index is 838. The number of aromatic nitrogens is 1. The predicted octanol–water partition coefficient (Wildman–Crippen LogP) is 5.09. The van der Waals surface area contributed by atoms with Crippen LogP contribution >= 0.6 is 0 Å². The molecule has 1 aromatic heterocycles. The van der Waals surface area contributed by atoms with E-state index in [4.69, 9.17) is 4.98 Å². The number of hydrogen-bond donors (Lipinski definition) is 2. The lowest BCUT2D eigenvalue weighted by atomic mass is 9.95. The van der Waals surface area contributed by atoms with E-state index in [0.717, 1.165) is 29.2 Å². The van der Waals surface area contributed by atoms with E-state index in [1.165, 1.54) is 49.8 Å². The lowest BCUT2D eigenvalue weighted by molar-refractivity contribution is 0.353. The maximum absolute atomic E-state index is 4.86. The van der Waals surface area contributed by atoms with Gasteiger partial charge in [0, 0.05) is 23.2 Å². The van der Waals surface area contributed by atoms with Crippen molar-refractivity contribution in [1.82, 2.24) is 10.3 Å². The number of pyridine rings is 1. The third-order valence-corrected chi connectivity index (χ3v) is 5.29. The van der Waals surface area contributed by atoms with E-state index < -0.39 is 0 Å². The van der Waals surface area contributed by atoms with Crippen LogP contribution in [0, 0.1) is 5.92 Å². The van der Waals surface area contributed by atoms with Crippen LogP contribution in [0.3, 0.4) is 0 Å². The molecule has 3 aromatic rings. The second-order valence-electron chi connectivity index (χ2n) is 7.22. The molecule has 3 nitrogen and oxygen atoms in total. The third-order valence-electron chi connectivity index (χ3n) is 5.29. The van der Waals surface area contributed by atoms with Crippen LogP contribution in [-0.2, 0) is 0 Å². The minimum absolute atomic E-state index is 0.847. The van der Waals surface area contributed by atoms with Gasteiger partial charge in [-0.15, -0.1) is 0 Å². The molecule has 1 fully saturated rings. The number of hydrogen-bond acceptors (Lipinski definition) is 3. The molecule has 2 N–H and O–H groups in total. The molecule has 134 valence electrons. The number of piperidine rings is 1. The van der Waals surface area contributed by atoms with E-state index in [0.29, 0.717) is 0 Å². The van der Waals surface area contributed by atoms with Gasteiger partial charge in [0.2, 0.25) is 0 Å². The monoisotopic (exact) mass is 345 g/mol. The van der Waals surface area contributed by atoms with Gasteiger partial charge in [0.15, 0.2) is 0 Å². The molecule has 2 aromatic carbocycles. The molecule has 1 atom stereocenters. The topological polar surface area (TPSA) is 37.0 Å². The summed E-state index contributed by atoms with van der Waals surface area (Å²) in [6, 6.07) is 21.0. The molecule has 0 amide bonds. The van der Waals surface area contributed by atoms with E-state index in [1.54, 1.807) is 0 Å². The number of benzene rings is 2. The molecule has 2 heterocycles. The normalized spacial score (nSPS) is 17.3. The average Bonchev–Trinajstić information content (AvgIpc) is 2.72. The Morgan fingerprint density at radius 3 is 2.73 bits per heavy atom. The van der Waals surface area contributed by atoms with Crippen LogP contribution in [0.2, 0.25) is 0 Å². The van der Waals surface area contributed by atoms with Crippen molar-refractivity contribution in [2.75, 3.05) is 25.0 Å².